The number of piperazine rings is 1. The molecule has 0 aromatic heterocycles. The van der Waals surface area contributed by atoms with Crippen molar-refractivity contribution in [2.75, 3.05) is 26.2 Å². The Morgan fingerprint density at radius 2 is 1.94 bits per heavy atom. The van der Waals surface area contributed by atoms with Crippen LogP contribution >= 0.6 is 0 Å². The maximum atomic E-state index is 3.55. The van der Waals surface area contributed by atoms with Crippen LogP contribution in [-0.2, 0) is 0 Å². The molecule has 1 heterocycles. The van der Waals surface area contributed by atoms with Crippen LogP contribution in [-0.4, -0.2) is 37.1 Å². The summed E-state index contributed by atoms with van der Waals surface area (Å²) < 4.78 is 0. The zero-order valence-electron chi connectivity index (χ0n) is 12.0. The van der Waals surface area contributed by atoms with Crippen molar-refractivity contribution in [3.63, 3.8) is 0 Å². The first-order valence-corrected chi connectivity index (χ1v) is 7.55. The minimum Gasteiger partial charge on any atom is -0.314 e. The Morgan fingerprint density at radius 1 is 1.24 bits per heavy atom. The highest BCUT2D eigenvalue weighted by Crippen LogP contribution is 2.37. The molecule has 1 saturated heterocycles. The van der Waals surface area contributed by atoms with Crippen molar-refractivity contribution < 1.29 is 0 Å². The summed E-state index contributed by atoms with van der Waals surface area (Å²) in [4.78, 5) is 2.77. The van der Waals surface area contributed by atoms with E-state index in [1.807, 2.05) is 0 Å². The Morgan fingerprint density at radius 3 is 2.59 bits per heavy atom. The van der Waals surface area contributed by atoms with Gasteiger partial charge in [0.05, 0.1) is 0 Å². The van der Waals surface area contributed by atoms with Gasteiger partial charge in [0.15, 0.2) is 0 Å². The molecule has 2 aliphatic rings. The third kappa shape index (κ3) is 3.45. The number of hydrogen-bond acceptors (Lipinski definition) is 2. The van der Waals surface area contributed by atoms with Gasteiger partial charge in [0.1, 0.15) is 0 Å². The predicted octanol–water partition coefficient (Wildman–Crippen LogP) is 2.89. The van der Waals surface area contributed by atoms with Gasteiger partial charge in [0, 0.05) is 32.2 Å². The maximum absolute atomic E-state index is 3.55. The molecule has 0 spiro atoms. The average Bonchev–Trinajstić information content (AvgIpc) is 2.29. The van der Waals surface area contributed by atoms with E-state index >= 15 is 0 Å². The highest BCUT2D eigenvalue weighted by molar-refractivity contribution is 4.88. The van der Waals surface area contributed by atoms with E-state index < -0.39 is 0 Å². The fourth-order valence-electron chi connectivity index (χ4n) is 3.67. The summed E-state index contributed by atoms with van der Waals surface area (Å²) in [6, 6.07) is 0.752. The lowest BCUT2D eigenvalue weighted by molar-refractivity contribution is 0.0550. The van der Waals surface area contributed by atoms with Crippen LogP contribution in [0, 0.1) is 11.3 Å². The van der Waals surface area contributed by atoms with Crippen LogP contribution in [0.5, 0.6) is 0 Å². The summed E-state index contributed by atoms with van der Waals surface area (Å²) in [5.74, 6) is 0.773. The fraction of sp³-hybridized carbons (Fsp3) is 1.00. The molecule has 1 N–H and O–H groups in total. The van der Waals surface area contributed by atoms with Crippen molar-refractivity contribution in [2.24, 2.45) is 11.3 Å². The lowest BCUT2D eigenvalue weighted by Gasteiger charge is -2.45. The van der Waals surface area contributed by atoms with E-state index in [1.165, 1.54) is 58.3 Å². The van der Waals surface area contributed by atoms with Gasteiger partial charge in [-0.05, 0) is 24.2 Å². The molecule has 0 bridgehead atoms. The highest BCUT2D eigenvalue weighted by atomic mass is 15.2. The highest BCUT2D eigenvalue weighted by Gasteiger charge is 2.33. The maximum Gasteiger partial charge on any atom is 0.0244 e. The van der Waals surface area contributed by atoms with Crippen molar-refractivity contribution in [3.8, 4) is 0 Å². The molecule has 2 rings (SSSR count). The first-order valence-electron chi connectivity index (χ1n) is 7.55. The third-order valence-corrected chi connectivity index (χ3v) is 4.81. The van der Waals surface area contributed by atoms with E-state index in [1.54, 1.807) is 0 Å². The molecule has 0 aromatic rings. The largest absolute Gasteiger partial charge is 0.314 e. The summed E-state index contributed by atoms with van der Waals surface area (Å²) in [5, 5.41) is 3.55. The van der Waals surface area contributed by atoms with Crippen molar-refractivity contribution in [2.45, 2.75) is 58.9 Å². The van der Waals surface area contributed by atoms with E-state index in [0.717, 1.165) is 12.0 Å². The van der Waals surface area contributed by atoms with Gasteiger partial charge in [-0.25, -0.2) is 0 Å². The molecule has 0 amide bonds. The molecule has 2 nitrogen and oxygen atoms in total. The zero-order valence-corrected chi connectivity index (χ0v) is 12.0. The third-order valence-electron chi connectivity index (χ3n) is 4.81. The Hall–Kier alpha value is -0.0800. The van der Waals surface area contributed by atoms with Gasteiger partial charge in [0.25, 0.3) is 0 Å². The lowest BCUT2D eigenvalue weighted by Crippen LogP contribution is -2.56. The summed E-state index contributed by atoms with van der Waals surface area (Å²) in [6.45, 7) is 12.2. The molecule has 2 fully saturated rings. The number of nitrogens with one attached hydrogen (secondary N) is 1. The molecule has 2 heteroatoms. The van der Waals surface area contributed by atoms with E-state index in [4.69, 9.17) is 0 Å². The second kappa shape index (κ2) is 5.71. The Balaban J connectivity index is 1.94. The molecule has 100 valence electrons. The van der Waals surface area contributed by atoms with Crippen LogP contribution in [0.3, 0.4) is 0 Å². The fourth-order valence-corrected chi connectivity index (χ4v) is 3.67. The number of rotatable bonds is 3. The normalized spacial score (nSPS) is 30.7. The summed E-state index contributed by atoms with van der Waals surface area (Å²) in [5.41, 5.74) is 0.600. The van der Waals surface area contributed by atoms with Gasteiger partial charge in [-0.15, -0.1) is 0 Å². The molecule has 1 aliphatic carbocycles. The Kier molecular flexibility index (Phi) is 4.48. The molecule has 17 heavy (non-hydrogen) atoms. The van der Waals surface area contributed by atoms with Crippen LogP contribution in [0.15, 0.2) is 0 Å². The van der Waals surface area contributed by atoms with Crippen LogP contribution in [0.1, 0.15) is 52.9 Å². The molecule has 1 atom stereocenters. The average molecular weight is 238 g/mol. The molecular weight excluding hydrogens is 208 g/mol. The first-order chi connectivity index (χ1) is 8.11. The second-order valence-electron chi connectivity index (χ2n) is 6.86. The molecule has 0 radical (unpaired) electrons. The van der Waals surface area contributed by atoms with E-state index in [0.29, 0.717) is 5.41 Å². The Bertz CT molecular complexity index is 231. The summed E-state index contributed by atoms with van der Waals surface area (Å²) >= 11 is 0. The van der Waals surface area contributed by atoms with Gasteiger partial charge >= 0.3 is 0 Å². The van der Waals surface area contributed by atoms with Crippen LogP contribution in [0.25, 0.3) is 0 Å². The van der Waals surface area contributed by atoms with Gasteiger partial charge < -0.3 is 5.32 Å². The first kappa shape index (κ1) is 13.4. The zero-order chi connectivity index (χ0) is 12.3. The van der Waals surface area contributed by atoms with Crippen molar-refractivity contribution in [1.82, 2.24) is 10.2 Å². The second-order valence-corrected chi connectivity index (χ2v) is 6.86. The molecule has 0 aromatic carbocycles. The summed E-state index contributed by atoms with van der Waals surface area (Å²) in [6.07, 6.45) is 7.26. The molecule has 1 unspecified atom stereocenters. The molecular formula is C15H30N2. The number of nitrogens with zero attached hydrogens (tertiary/aromatic N) is 1. The lowest BCUT2D eigenvalue weighted by atomic mass is 9.75. The van der Waals surface area contributed by atoms with Gasteiger partial charge in [-0.3, -0.25) is 4.90 Å². The molecule has 1 saturated carbocycles. The minimum absolute atomic E-state index is 0.600. The SMILES string of the molecule is CC(C)C1CNCCN1CC1(C)CCCCC1. The number of hydrogen-bond donors (Lipinski definition) is 1. The van der Waals surface area contributed by atoms with E-state index in [9.17, 15) is 0 Å². The van der Waals surface area contributed by atoms with Crippen molar-refractivity contribution in [1.29, 1.82) is 0 Å². The van der Waals surface area contributed by atoms with Crippen molar-refractivity contribution in [3.05, 3.63) is 0 Å². The van der Waals surface area contributed by atoms with E-state index in [2.05, 4.69) is 31.0 Å². The van der Waals surface area contributed by atoms with E-state index in [-0.39, 0.29) is 0 Å². The Labute approximate surface area is 107 Å². The topological polar surface area (TPSA) is 15.3 Å². The monoisotopic (exact) mass is 238 g/mol. The van der Waals surface area contributed by atoms with Crippen LogP contribution in [0.2, 0.25) is 0 Å². The standard InChI is InChI=1S/C15H30N2/c1-13(2)14-11-16-9-10-17(14)12-15(3)7-5-4-6-8-15/h13-14,16H,4-12H2,1-3H3. The summed E-state index contributed by atoms with van der Waals surface area (Å²) in [7, 11) is 0. The molecule has 1 aliphatic heterocycles. The van der Waals surface area contributed by atoms with Gasteiger partial charge in [0.2, 0.25) is 0 Å². The van der Waals surface area contributed by atoms with Crippen LogP contribution in [0.4, 0.5) is 0 Å². The predicted molar refractivity (Wildman–Crippen MR) is 74.3 cm³/mol. The minimum atomic E-state index is 0.600. The van der Waals surface area contributed by atoms with Gasteiger partial charge in [-0.1, -0.05) is 40.0 Å². The smallest absolute Gasteiger partial charge is 0.0244 e. The quantitative estimate of drug-likeness (QED) is 0.813. The van der Waals surface area contributed by atoms with Gasteiger partial charge in [-0.2, -0.15) is 0 Å². The van der Waals surface area contributed by atoms with Crippen LogP contribution < -0.4 is 5.32 Å². The van der Waals surface area contributed by atoms with Crippen molar-refractivity contribution >= 4 is 0 Å².